The van der Waals surface area contributed by atoms with Gasteiger partial charge in [0.15, 0.2) is 0 Å². The summed E-state index contributed by atoms with van der Waals surface area (Å²) >= 11 is 5.92. The Morgan fingerprint density at radius 3 is 2.17 bits per heavy atom. The van der Waals surface area contributed by atoms with Crippen LogP contribution in [0.25, 0.3) is 0 Å². The van der Waals surface area contributed by atoms with Crippen LogP contribution in [0.3, 0.4) is 0 Å². The number of thioether (sulfide) groups is 1. The second-order valence-corrected chi connectivity index (χ2v) is 16.4. The number of carbonyl (C=O) groups excluding carboxylic acids is 9. The van der Waals surface area contributed by atoms with Crippen molar-refractivity contribution in [1.29, 1.82) is 0 Å². The summed E-state index contributed by atoms with van der Waals surface area (Å²) in [5.41, 5.74) is 6.91. The van der Waals surface area contributed by atoms with E-state index in [-0.39, 0.29) is 55.0 Å². The number of hydrogen-bond donors (Lipinski definition) is 13. The van der Waals surface area contributed by atoms with Crippen molar-refractivity contribution in [2.75, 3.05) is 31.1 Å². The molecule has 2 fully saturated rings. The zero-order chi connectivity index (χ0) is 43.4. The first-order chi connectivity index (χ1) is 27.4. The minimum atomic E-state index is -1.56. The monoisotopic (exact) mass is 860 g/mol. The fourth-order valence-electron chi connectivity index (χ4n) is 6.38. The van der Waals surface area contributed by atoms with Gasteiger partial charge in [-0.25, -0.2) is 10.3 Å². The van der Waals surface area contributed by atoms with Crippen molar-refractivity contribution in [2.24, 2.45) is 17.6 Å². The highest BCUT2D eigenvalue weighted by atomic mass is 32.2. The van der Waals surface area contributed by atoms with Crippen molar-refractivity contribution in [2.45, 2.75) is 120 Å². The first kappa shape index (κ1) is 49.8. The molecule has 0 radical (unpaired) electrons. The Bertz CT molecular complexity index is 1460. The van der Waals surface area contributed by atoms with Gasteiger partial charge in [-0.2, -0.15) is 24.4 Å². The van der Waals surface area contributed by atoms with Crippen LogP contribution in [-0.2, 0) is 38.4 Å². The van der Waals surface area contributed by atoms with Gasteiger partial charge in [0.1, 0.15) is 18.1 Å². The molecule has 0 aromatic heterocycles. The molecular weight excluding hydrogens is 801 g/mol. The Balaban J connectivity index is 1.68. The average molecular weight is 861 g/mol. The van der Waals surface area contributed by atoms with E-state index >= 15 is 0 Å². The average Bonchev–Trinajstić information content (AvgIpc) is 3.72. The van der Waals surface area contributed by atoms with E-state index < -0.39 is 84.6 Å². The Labute approximate surface area is 347 Å². The fraction of sp³-hybridized carbons (Fsp3) is 0.743. The van der Waals surface area contributed by atoms with Gasteiger partial charge in [-0.05, 0) is 51.4 Å². The van der Waals surface area contributed by atoms with Crippen molar-refractivity contribution >= 4 is 77.7 Å². The molecule has 8 atom stereocenters. The van der Waals surface area contributed by atoms with Crippen molar-refractivity contribution in [3.05, 3.63) is 0 Å². The summed E-state index contributed by atoms with van der Waals surface area (Å²) in [5.74, 6) is -5.91. The molecule has 328 valence electrons. The lowest BCUT2D eigenvalue weighted by atomic mass is 9.92. The SMILES string of the molecule is CC(C)CC(CC(=O)NO)C(=O)N[C@@H](CS)C(=O)N[C@H](C(=O)NCC(=O)NCC(=O)N[C@@H](CCCCNC(=O)CCCC[C@@H]1SC[C@@H]2NC(=O)N[C@@H]21)C(N)=O)[C@@H](C)O. The second-order valence-electron chi connectivity index (χ2n) is 14.8. The summed E-state index contributed by atoms with van der Waals surface area (Å²) in [6.07, 6.45) is 2.52. The molecule has 2 aliphatic rings. The van der Waals surface area contributed by atoms with Crippen molar-refractivity contribution in [3.63, 3.8) is 0 Å². The molecule has 13 N–H and O–H groups in total. The molecule has 2 rings (SSSR count). The fourth-order valence-corrected chi connectivity index (χ4v) is 8.18. The van der Waals surface area contributed by atoms with E-state index in [1.165, 1.54) is 12.4 Å². The molecule has 0 saturated carbocycles. The van der Waals surface area contributed by atoms with Crippen molar-refractivity contribution in [1.82, 2.24) is 48.0 Å². The third-order valence-corrected chi connectivity index (χ3v) is 11.3. The minimum Gasteiger partial charge on any atom is -0.391 e. The van der Waals surface area contributed by atoms with Crippen LogP contribution >= 0.6 is 24.4 Å². The van der Waals surface area contributed by atoms with E-state index in [4.69, 9.17) is 10.9 Å². The van der Waals surface area contributed by atoms with Crippen LogP contribution in [0, 0.1) is 11.8 Å². The van der Waals surface area contributed by atoms with Gasteiger partial charge in [0.2, 0.25) is 47.3 Å². The molecule has 21 nitrogen and oxygen atoms in total. The molecule has 23 heteroatoms. The Kier molecular flexibility index (Phi) is 22.2. The van der Waals surface area contributed by atoms with Gasteiger partial charge in [-0.1, -0.05) is 20.3 Å². The van der Waals surface area contributed by atoms with Crippen LogP contribution in [0.4, 0.5) is 4.79 Å². The van der Waals surface area contributed by atoms with E-state index in [1.807, 2.05) is 25.6 Å². The molecular formula is C35H60N10O11S2. The third kappa shape index (κ3) is 18.1. The molecule has 0 aromatic rings. The molecule has 2 aliphatic heterocycles. The summed E-state index contributed by atoms with van der Waals surface area (Å²) in [4.78, 5) is 111. The molecule has 0 aliphatic carbocycles. The van der Waals surface area contributed by atoms with Gasteiger partial charge >= 0.3 is 6.03 Å². The molecule has 0 spiro atoms. The lowest BCUT2D eigenvalue weighted by Gasteiger charge is -2.25. The number of carbonyl (C=O) groups is 9. The largest absolute Gasteiger partial charge is 0.391 e. The standard InChI is InChI=1S/C35H60N10O11S2/c1-18(2)12-20(13-26(48)45-56)32(52)41-22(16-57)33(53)43-29(19(3)46)34(54)39-14-27(49)38-15-28(50)40-21(31(36)51)8-6-7-11-37-25(47)10-5-4-9-24-30-23(17-58-24)42-35(55)44-30/h18-24,29-30,46,56-57H,4-17H2,1-3H3,(H2,36,51)(H,37,47)(H,38,49)(H,39,54)(H,40,50)(H,41,52)(H,43,53)(H,45,48)(H2,42,44,55)/t19-,20?,21+,22+,23+,24+,29+,30+/m1/s1. The number of aliphatic hydroxyl groups excluding tert-OH is 1. The zero-order valence-corrected chi connectivity index (χ0v) is 34.8. The summed E-state index contributed by atoms with van der Waals surface area (Å²) in [7, 11) is 0. The Hall–Kier alpha value is -4.35. The second kappa shape index (κ2) is 25.9. The highest BCUT2D eigenvalue weighted by Crippen LogP contribution is 2.33. The molecule has 10 amide bonds. The number of primary amides is 1. The molecule has 0 aromatic carbocycles. The summed E-state index contributed by atoms with van der Waals surface area (Å²) in [5, 5.41) is 39.8. The van der Waals surface area contributed by atoms with E-state index in [0.717, 1.165) is 25.0 Å². The van der Waals surface area contributed by atoms with E-state index in [9.17, 15) is 48.3 Å². The lowest BCUT2D eigenvalue weighted by Crippen LogP contribution is -2.58. The van der Waals surface area contributed by atoms with Crippen LogP contribution < -0.4 is 53.7 Å². The van der Waals surface area contributed by atoms with Crippen LogP contribution in [0.15, 0.2) is 0 Å². The first-order valence-electron chi connectivity index (χ1n) is 19.4. The highest BCUT2D eigenvalue weighted by molar-refractivity contribution is 8.00. The smallest absolute Gasteiger partial charge is 0.315 e. The maximum Gasteiger partial charge on any atom is 0.315 e. The van der Waals surface area contributed by atoms with Gasteiger partial charge in [0.25, 0.3) is 0 Å². The molecule has 58 heavy (non-hydrogen) atoms. The van der Waals surface area contributed by atoms with E-state index in [0.29, 0.717) is 31.1 Å². The van der Waals surface area contributed by atoms with Crippen molar-refractivity contribution < 1.29 is 53.5 Å². The van der Waals surface area contributed by atoms with E-state index in [1.54, 1.807) is 0 Å². The summed E-state index contributed by atoms with van der Waals surface area (Å²) in [6.45, 7) is 4.03. The molecule has 0 bridgehead atoms. The van der Waals surface area contributed by atoms with Gasteiger partial charge in [-0.3, -0.25) is 43.6 Å². The minimum absolute atomic E-state index is 0.00346. The predicted octanol–water partition coefficient (Wildman–Crippen LogP) is -2.96. The van der Waals surface area contributed by atoms with Crippen LogP contribution in [0.5, 0.6) is 0 Å². The summed E-state index contributed by atoms with van der Waals surface area (Å²) < 4.78 is 0. The van der Waals surface area contributed by atoms with Gasteiger partial charge in [0, 0.05) is 42.1 Å². The number of rotatable bonds is 27. The number of hydrogen-bond acceptors (Lipinski definition) is 13. The van der Waals surface area contributed by atoms with Gasteiger partial charge < -0.3 is 53.4 Å². The maximum atomic E-state index is 13.0. The number of unbranched alkanes of at least 4 members (excludes halogenated alkanes) is 2. The van der Waals surface area contributed by atoms with Crippen LogP contribution in [-0.4, -0.2) is 136 Å². The molecule has 2 saturated heterocycles. The maximum absolute atomic E-state index is 13.0. The molecule has 2 heterocycles. The number of nitrogens with two attached hydrogens (primary N) is 1. The number of thiol groups is 1. The zero-order valence-electron chi connectivity index (χ0n) is 33.1. The van der Waals surface area contributed by atoms with E-state index in [2.05, 4.69) is 55.2 Å². The van der Waals surface area contributed by atoms with Crippen LogP contribution in [0.2, 0.25) is 0 Å². The topological polar surface area (TPSA) is 328 Å². The normalized spacial score (nSPS) is 19.5. The highest BCUT2D eigenvalue weighted by Gasteiger charge is 2.42. The summed E-state index contributed by atoms with van der Waals surface area (Å²) in [6, 6.07) is -3.69. The molecule has 1 unspecified atom stereocenters. The van der Waals surface area contributed by atoms with Crippen LogP contribution in [0.1, 0.15) is 78.6 Å². The number of hydroxylamine groups is 1. The number of aliphatic hydroxyl groups is 1. The van der Waals surface area contributed by atoms with Crippen molar-refractivity contribution in [3.8, 4) is 0 Å². The number of nitrogens with one attached hydrogen (secondary N) is 9. The Morgan fingerprint density at radius 2 is 1.53 bits per heavy atom. The number of urea groups is 1. The number of fused-ring (bicyclic) bond motifs is 1. The first-order valence-corrected chi connectivity index (χ1v) is 21.0. The van der Waals surface area contributed by atoms with Gasteiger partial charge in [-0.15, -0.1) is 0 Å². The van der Waals surface area contributed by atoms with Gasteiger partial charge in [0.05, 0.1) is 31.3 Å². The quantitative estimate of drug-likeness (QED) is 0.0130. The number of amides is 10. The predicted molar refractivity (Wildman–Crippen MR) is 215 cm³/mol. The lowest BCUT2D eigenvalue weighted by molar-refractivity contribution is -0.137. The Morgan fingerprint density at radius 1 is 0.828 bits per heavy atom. The third-order valence-electron chi connectivity index (χ3n) is 9.43.